The Hall–Kier alpha value is -0.0800. The van der Waals surface area contributed by atoms with Crippen molar-refractivity contribution < 1.29 is 5.11 Å². The van der Waals surface area contributed by atoms with Gasteiger partial charge in [-0.3, -0.25) is 0 Å². The molecule has 74 valence electrons. The van der Waals surface area contributed by atoms with Crippen LogP contribution < -0.4 is 5.32 Å². The van der Waals surface area contributed by atoms with Crippen LogP contribution in [0.15, 0.2) is 0 Å². The van der Waals surface area contributed by atoms with Gasteiger partial charge in [0, 0.05) is 0 Å². The van der Waals surface area contributed by atoms with E-state index >= 15 is 0 Å². The van der Waals surface area contributed by atoms with Gasteiger partial charge < -0.3 is 10.4 Å². The van der Waals surface area contributed by atoms with Gasteiger partial charge in [0.25, 0.3) is 0 Å². The van der Waals surface area contributed by atoms with Crippen molar-refractivity contribution in [1.29, 1.82) is 0 Å². The van der Waals surface area contributed by atoms with Gasteiger partial charge in [0.1, 0.15) is 0 Å². The van der Waals surface area contributed by atoms with E-state index in [1.54, 1.807) is 0 Å². The van der Waals surface area contributed by atoms with E-state index in [-0.39, 0.29) is 5.41 Å². The van der Waals surface area contributed by atoms with Gasteiger partial charge in [0.05, 0.1) is 5.60 Å². The average Bonchev–Trinajstić information content (AvgIpc) is 1.85. The summed E-state index contributed by atoms with van der Waals surface area (Å²) in [5.74, 6) is 0. The molecule has 0 aliphatic rings. The van der Waals surface area contributed by atoms with E-state index in [1.807, 2.05) is 6.92 Å². The highest BCUT2D eigenvalue weighted by atomic mass is 16.3. The monoisotopic (exact) mass is 173 g/mol. The largest absolute Gasteiger partial charge is 0.390 e. The first kappa shape index (κ1) is 11.9. The number of aliphatic hydroxyl groups is 1. The molecule has 0 fully saturated rings. The number of hydrogen-bond acceptors (Lipinski definition) is 2. The van der Waals surface area contributed by atoms with E-state index in [1.165, 1.54) is 0 Å². The number of rotatable bonds is 4. The van der Waals surface area contributed by atoms with Gasteiger partial charge in [-0.15, -0.1) is 0 Å². The minimum absolute atomic E-state index is 0.0393. The van der Waals surface area contributed by atoms with E-state index in [0.717, 1.165) is 19.5 Å². The fourth-order valence-corrected chi connectivity index (χ4v) is 0.884. The van der Waals surface area contributed by atoms with Gasteiger partial charge in [-0.25, -0.2) is 0 Å². The second kappa shape index (κ2) is 4.24. The van der Waals surface area contributed by atoms with Gasteiger partial charge in [-0.2, -0.15) is 0 Å². The van der Waals surface area contributed by atoms with Gasteiger partial charge in [-0.05, 0) is 31.8 Å². The third-order valence-electron chi connectivity index (χ3n) is 2.65. The highest BCUT2D eigenvalue weighted by Crippen LogP contribution is 2.32. The second-order valence-corrected chi connectivity index (χ2v) is 4.63. The van der Waals surface area contributed by atoms with Crippen LogP contribution >= 0.6 is 0 Å². The Morgan fingerprint density at radius 3 is 2.00 bits per heavy atom. The maximum atomic E-state index is 10.0. The second-order valence-electron chi connectivity index (χ2n) is 4.63. The molecule has 1 unspecified atom stereocenters. The molecule has 0 aromatic carbocycles. The van der Waals surface area contributed by atoms with Crippen molar-refractivity contribution in [2.75, 3.05) is 13.1 Å². The molecule has 0 saturated carbocycles. The molecule has 0 spiro atoms. The third-order valence-corrected chi connectivity index (χ3v) is 2.65. The molecule has 2 heteroatoms. The normalized spacial score (nSPS) is 17.5. The summed E-state index contributed by atoms with van der Waals surface area (Å²) in [6, 6.07) is 0. The molecule has 0 aliphatic carbocycles. The van der Waals surface area contributed by atoms with Crippen molar-refractivity contribution in [2.24, 2.45) is 5.41 Å². The number of nitrogens with one attached hydrogen (secondary N) is 1. The molecule has 0 aliphatic heterocycles. The minimum Gasteiger partial charge on any atom is -0.390 e. The molecule has 0 heterocycles. The Balaban J connectivity index is 3.88. The maximum Gasteiger partial charge on any atom is 0.0679 e. The smallest absolute Gasteiger partial charge is 0.0679 e. The van der Waals surface area contributed by atoms with Crippen LogP contribution in [0.4, 0.5) is 0 Å². The molecule has 0 aromatic rings. The highest BCUT2D eigenvalue weighted by Gasteiger charge is 2.34. The van der Waals surface area contributed by atoms with E-state index in [9.17, 15) is 5.11 Å². The zero-order valence-corrected chi connectivity index (χ0v) is 9.07. The van der Waals surface area contributed by atoms with Gasteiger partial charge in [0.2, 0.25) is 0 Å². The SMILES string of the molecule is CCNCCC(C)(O)C(C)(C)C. The molecule has 2 N–H and O–H groups in total. The molecule has 0 aromatic heterocycles. The minimum atomic E-state index is -0.574. The predicted molar refractivity (Wildman–Crippen MR) is 53.2 cm³/mol. The van der Waals surface area contributed by atoms with Gasteiger partial charge in [-0.1, -0.05) is 27.7 Å². The molecule has 1 atom stereocenters. The quantitative estimate of drug-likeness (QED) is 0.635. The van der Waals surface area contributed by atoms with Crippen LogP contribution in [-0.4, -0.2) is 23.8 Å². The van der Waals surface area contributed by atoms with Crippen molar-refractivity contribution in [3.05, 3.63) is 0 Å². The highest BCUT2D eigenvalue weighted by molar-refractivity contribution is 4.86. The van der Waals surface area contributed by atoms with Crippen molar-refractivity contribution in [1.82, 2.24) is 5.32 Å². The zero-order chi connectivity index (χ0) is 9.83. The zero-order valence-electron chi connectivity index (χ0n) is 9.07. The van der Waals surface area contributed by atoms with Crippen LogP contribution in [-0.2, 0) is 0 Å². The summed E-state index contributed by atoms with van der Waals surface area (Å²) in [5, 5.41) is 13.3. The van der Waals surface area contributed by atoms with E-state index < -0.39 is 5.60 Å². The topological polar surface area (TPSA) is 32.3 Å². The predicted octanol–water partition coefficient (Wildman–Crippen LogP) is 1.78. The maximum absolute atomic E-state index is 10.0. The standard InChI is InChI=1S/C10H23NO/c1-6-11-8-7-10(5,12)9(2,3)4/h11-12H,6-8H2,1-5H3. The lowest BCUT2D eigenvalue weighted by Crippen LogP contribution is -2.42. The summed E-state index contributed by atoms with van der Waals surface area (Å²) in [5.41, 5.74) is -0.614. The molecular weight excluding hydrogens is 150 g/mol. The Morgan fingerprint density at radius 2 is 1.67 bits per heavy atom. The van der Waals surface area contributed by atoms with Gasteiger partial charge >= 0.3 is 0 Å². The molecule has 12 heavy (non-hydrogen) atoms. The molecule has 0 rings (SSSR count). The van der Waals surface area contributed by atoms with E-state index in [4.69, 9.17) is 0 Å². The lowest BCUT2D eigenvalue weighted by Gasteiger charge is -2.37. The summed E-state index contributed by atoms with van der Waals surface area (Å²) in [6.07, 6.45) is 0.810. The third kappa shape index (κ3) is 3.55. The molecular formula is C10H23NO. The summed E-state index contributed by atoms with van der Waals surface area (Å²) in [6.45, 7) is 12.0. The molecule has 2 nitrogen and oxygen atoms in total. The van der Waals surface area contributed by atoms with Crippen LogP contribution in [0.5, 0.6) is 0 Å². The average molecular weight is 173 g/mol. The Kier molecular flexibility index (Phi) is 4.21. The van der Waals surface area contributed by atoms with E-state index in [2.05, 4.69) is 33.0 Å². The summed E-state index contributed by atoms with van der Waals surface area (Å²) >= 11 is 0. The molecule has 0 bridgehead atoms. The Morgan fingerprint density at radius 1 is 1.17 bits per heavy atom. The van der Waals surface area contributed by atoms with Crippen LogP contribution in [0, 0.1) is 5.41 Å². The van der Waals surface area contributed by atoms with Crippen molar-refractivity contribution in [3.8, 4) is 0 Å². The van der Waals surface area contributed by atoms with Crippen LogP contribution in [0.25, 0.3) is 0 Å². The number of hydrogen-bond donors (Lipinski definition) is 2. The Bertz CT molecular complexity index is 124. The van der Waals surface area contributed by atoms with Crippen LogP contribution in [0.2, 0.25) is 0 Å². The fraction of sp³-hybridized carbons (Fsp3) is 1.00. The molecule has 0 saturated heterocycles. The van der Waals surface area contributed by atoms with E-state index in [0.29, 0.717) is 0 Å². The summed E-state index contributed by atoms with van der Waals surface area (Å²) in [7, 11) is 0. The van der Waals surface area contributed by atoms with Crippen LogP contribution in [0.3, 0.4) is 0 Å². The molecule has 0 radical (unpaired) electrons. The first-order valence-corrected chi connectivity index (χ1v) is 4.74. The summed E-state index contributed by atoms with van der Waals surface area (Å²) in [4.78, 5) is 0. The van der Waals surface area contributed by atoms with Crippen molar-refractivity contribution in [3.63, 3.8) is 0 Å². The van der Waals surface area contributed by atoms with Crippen molar-refractivity contribution in [2.45, 2.75) is 46.6 Å². The first-order chi connectivity index (χ1) is 5.31. The van der Waals surface area contributed by atoms with Crippen molar-refractivity contribution >= 4 is 0 Å². The molecule has 0 amide bonds. The van der Waals surface area contributed by atoms with Gasteiger partial charge in [0.15, 0.2) is 0 Å². The van der Waals surface area contributed by atoms with Crippen LogP contribution in [0.1, 0.15) is 41.0 Å². The lowest BCUT2D eigenvalue weighted by molar-refractivity contribution is -0.0472. The Labute approximate surface area is 76.4 Å². The first-order valence-electron chi connectivity index (χ1n) is 4.74. The summed E-state index contributed by atoms with van der Waals surface area (Å²) < 4.78 is 0. The lowest BCUT2D eigenvalue weighted by atomic mass is 9.76. The fourth-order valence-electron chi connectivity index (χ4n) is 0.884.